The number of hydrogen-bond acceptors (Lipinski definition) is 5. The molecule has 1 amide bonds. The van der Waals surface area contributed by atoms with Gasteiger partial charge in [-0.2, -0.15) is 13.2 Å². The lowest BCUT2D eigenvalue weighted by Gasteiger charge is -2.32. The monoisotopic (exact) mass is 473 g/mol. The Kier molecular flexibility index (Phi) is 9.73. The van der Waals surface area contributed by atoms with Crippen LogP contribution in [0, 0.1) is 0 Å². The molecule has 11 heteroatoms. The van der Waals surface area contributed by atoms with E-state index in [0.29, 0.717) is 10.8 Å². The fourth-order valence-electron chi connectivity index (χ4n) is 2.91. The first-order valence-corrected chi connectivity index (χ1v) is 10.1. The van der Waals surface area contributed by atoms with E-state index in [1.807, 2.05) is 24.4 Å². The summed E-state index contributed by atoms with van der Waals surface area (Å²) in [4.78, 5) is 27.7. The number of aromatic nitrogens is 1. The molecule has 1 fully saturated rings. The number of rotatable bonds is 6. The molecular weight excluding hydrogens is 451 g/mol. The Balaban J connectivity index is 0.000000451. The maximum Gasteiger partial charge on any atom is 0.490 e. The molecule has 32 heavy (non-hydrogen) atoms. The van der Waals surface area contributed by atoms with Crippen molar-refractivity contribution in [2.45, 2.75) is 31.6 Å². The fraction of sp³-hybridized carbons (Fsp3) is 0.381. The molecule has 0 bridgehead atoms. The highest BCUT2D eigenvalue weighted by Crippen LogP contribution is 2.16. The molecule has 0 saturated carbocycles. The van der Waals surface area contributed by atoms with Crippen LogP contribution in [0.2, 0.25) is 5.02 Å². The minimum Gasteiger partial charge on any atom is -0.484 e. The summed E-state index contributed by atoms with van der Waals surface area (Å²) in [5.41, 5.74) is 1.08. The molecule has 0 aliphatic carbocycles. The standard InChI is InChI=1S/C19H22ClN3O2.C2HF3O2/c20-15-4-6-18(7-5-15)25-14-19(24)22-16-8-11-23(12-9-16)13-17-3-1-2-10-21-17;3-2(4,5)1(6)7/h1-7,10,16H,8-9,11-14H2,(H,22,24);(H,6,7). The molecule has 3 rings (SSSR count). The van der Waals surface area contributed by atoms with Crippen LogP contribution >= 0.6 is 11.6 Å². The highest BCUT2D eigenvalue weighted by Gasteiger charge is 2.38. The van der Waals surface area contributed by atoms with E-state index in [2.05, 4.69) is 15.2 Å². The molecule has 2 aromatic rings. The molecule has 1 aromatic carbocycles. The summed E-state index contributed by atoms with van der Waals surface area (Å²) in [6.07, 6.45) is -1.37. The van der Waals surface area contributed by atoms with Crippen LogP contribution in [0.25, 0.3) is 0 Å². The maximum absolute atomic E-state index is 12.0. The number of hydrogen-bond donors (Lipinski definition) is 2. The van der Waals surface area contributed by atoms with Gasteiger partial charge in [-0.25, -0.2) is 4.79 Å². The number of benzene rings is 1. The number of nitrogens with zero attached hydrogens (tertiary/aromatic N) is 2. The third-order valence-electron chi connectivity index (χ3n) is 4.49. The Hall–Kier alpha value is -2.85. The highest BCUT2D eigenvalue weighted by atomic mass is 35.5. The molecule has 0 atom stereocenters. The van der Waals surface area contributed by atoms with Gasteiger partial charge >= 0.3 is 12.1 Å². The molecule has 7 nitrogen and oxygen atoms in total. The van der Waals surface area contributed by atoms with Crippen molar-refractivity contribution in [1.82, 2.24) is 15.2 Å². The van der Waals surface area contributed by atoms with Gasteiger partial charge in [-0.05, 0) is 49.2 Å². The van der Waals surface area contributed by atoms with Crippen molar-refractivity contribution in [3.05, 3.63) is 59.4 Å². The fourth-order valence-corrected chi connectivity index (χ4v) is 3.03. The Morgan fingerprint density at radius 3 is 2.31 bits per heavy atom. The first-order valence-electron chi connectivity index (χ1n) is 9.73. The van der Waals surface area contributed by atoms with Crippen LogP contribution in [0.5, 0.6) is 5.75 Å². The lowest BCUT2D eigenvalue weighted by atomic mass is 10.0. The van der Waals surface area contributed by atoms with Crippen LogP contribution in [-0.4, -0.2) is 58.8 Å². The first-order chi connectivity index (χ1) is 15.1. The van der Waals surface area contributed by atoms with Crippen LogP contribution in [-0.2, 0) is 16.1 Å². The molecule has 1 aliphatic heterocycles. The van der Waals surface area contributed by atoms with Crippen molar-refractivity contribution in [3.8, 4) is 5.75 Å². The van der Waals surface area contributed by atoms with Gasteiger partial charge in [0.15, 0.2) is 6.61 Å². The van der Waals surface area contributed by atoms with Gasteiger partial charge in [-0.1, -0.05) is 17.7 Å². The van der Waals surface area contributed by atoms with E-state index < -0.39 is 12.1 Å². The number of carboxylic acid groups (broad SMARTS) is 1. The van der Waals surface area contributed by atoms with Gasteiger partial charge in [0.1, 0.15) is 5.75 Å². The molecule has 0 radical (unpaired) electrons. The highest BCUT2D eigenvalue weighted by molar-refractivity contribution is 6.30. The summed E-state index contributed by atoms with van der Waals surface area (Å²) < 4.78 is 37.2. The van der Waals surface area contributed by atoms with Crippen molar-refractivity contribution in [2.24, 2.45) is 0 Å². The van der Waals surface area contributed by atoms with E-state index in [9.17, 15) is 18.0 Å². The maximum atomic E-state index is 12.0. The SMILES string of the molecule is O=C(COc1ccc(Cl)cc1)NC1CCN(Cc2ccccn2)CC1.O=C(O)C(F)(F)F. The normalized spacial score (nSPS) is 14.8. The topological polar surface area (TPSA) is 91.8 Å². The molecule has 1 aliphatic rings. The minimum atomic E-state index is -5.08. The average Bonchev–Trinajstić information content (AvgIpc) is 2.75. The molecular formula is C21H23ClF3N3O4. The summed E-state index contributed by atoms with van der Waals surface area (Å²) in [7, 11) is 0. The Labute approximate surface area is 188 Å². The van der Waals surface area contributed by atoms with Gasteiger partial charge < -0.3 is 15.2 Å². The van der Waals surface area contributed by atoms with Crippen molar-refractivity contribution in [3.63, 3.8) is 0 Å². The average molecular weight is 474 g/mol. The van der Waals surface area contributed by atoms with Gasteiger partial charge in [0, 0.05) is 36.9 Å². The van der Waals surface area contributed by atoms with Crippen LogP contribution in [0.4, 0.5) is 13.2 Å². The van der Waals surface area contributed by atoms with E-state index >= 15 is 0 Å². The van der Waals surface area contributed by atoms with Crippen LogP contribution in [0.3, 0.4) is 0 Å². The van der Waals surface area contributed by atoms with Gasteiger partial charge in [0.05, 0.1) is 5.69 Å². The summed E-state index contributed by atoms with van der Waals surface area (Å²) >= 11 is 5.82. The first kappa shape index (κ1) is 25.4. The number of aliphatic carboxylic acids is 1. The number of ether oxygens (including phenoxy) is 1. The van der Waals surface area contributed by atoms with Crippen molar-refractivity contribution in [2.75, 3.05) is 19.7 Å². The van der Waals surface area contributed by atoms with Crippen LogP contribution in [0.15, 0.2) is 48.7 Å². The predicted molar refractivity (Wildman–Crippen MR) is 111 cm³/mol. The van der Waals surface area contributed by atoms with Gasteiger partial charge in [-0.15, -0.1) is 0 Å². The van der Waals surface area contributed by atoms with E-state index in [-0.39, 0.29) is 18.6 Å². The second-order valence-corrected chi connectivity index (χ2v) is 7.42. The number of amides is 1. The number of pyridine rings is 1. The lowest BCUT2D eigenvalue weighted by molar-refractivity contribution is -0.192. The number of nitrogens with one attached hydrogen (secondary N) is 1. The number of piperidine rings is 1. The Morgan fingerprint density at radius 1 is 1.16 bits per heavy atom. The molecule has 174 valence electrons. The second kappa shape index (κ2) is 12.3. The van der Waals surface area contributed by atoms with Crippen molar-refractivity contribution >= 4 is 23.5 Å². The largest absolute Gasteiger partial charge is 0.490 e. The van der Waals surface area contributed by atoms with E-state index in [0.717, 1.165) is 38.2 Å². The quantitative estimate of drug-likeness (QED) is 0.667. The third-order valence-corrected chi connectivity index (χ3v) is 4.74. The van der Waals surface area contributed by atoms with Crippen LogP contribution < -0.4 is 10.1 Å². The number of likely N-dealkylation sites (tertiary alicyclic amines) is 1. The predicted octanol–water partition coefficient (Wildman–Crippen LogP) is 3.53. The number of halogens is 4. The van der Waals surface area contributed by atoms with Gasteiger partial charge in [0.25, 0.3) is 5.91 Å². The molecule has 1 saturated heterocycles. The second-order valence-electron chi connectivity index (χ2n) is 6.98. The third kappa shape index (κ3) is 9.52. The van der Waals surface area contributed by atoms with Crippen molar-refractivity contribution in [1.29, 1.82) is 0 Å². The van der Waals surface area contributed by atoms with E-state index in [1.54, 1.807) is 24.3 Å². The zero-order valence-electron chi connectivity index (χ0n) is 17.0. The zero-order chi connectivity index (χ0) is 23.6. The number of carboxylic acids is 1. The van der Waals surface area contributed by atoms with Crippen molar-refractivity contribution < 1.29 is 32.6 Å². The number of alkyl halides is 3. The van der Waals surface area contributed by atoms with Gasteiger partial charge in [-0.3, -0.25) is 14.7 Å². The summed E-state index contributed by atoms with van der Waals surface area (Å²) in [5.74, 6) is -2.20. The zero-order valence-corrected chi connectivity index (χ0v) is 17.8. The van der Waals surface area contributed by atoms with Crippen LogP contribution in [0.1, 0.15) is 18.5 Å². The molecule has 0 unspecified atom stereocenters. The minimum absolute atomic E-state index is 0.0236. The van der Waals surface area contributed by atoms with E-state index in [1.165, 1.54) is 0 Å². The Bertz CT molecular complexity index is 859. The smallest absolute Gasteiger partial charge is 0.484 e. The van der Waals surface area contributed by atoms with E-state index in [4.69, 9.17) is 26.2 Å². The molecule has 2 heterocycles. The lowest BCUT2D eigenvalue weighted by Crippen LogP contribution is -2.45. The number of carbonyl (C=O) groups excluding carboxylic acids is 1. The summed E-state index contributed by atoms with van der Waals surface area (Å²) in [6.45, 7) is 2.80. The summed E-state index contributed by atoms with van der Waals surface area (Å²) in [5, 5.41) is 10.8. The molecule has 0 spiro atoms. The number of carbonyl (C=O) groups is 2. The molecule has 2 N–H and O–H groups in total. The van der Waals surface area contributed by atoms with Gasteiger partial charge in [0.2, 0.25) is 0 Å². The Morgan fingerprint density at radius 2 is 1.78 bits per heavy atom. The molecule has 1 aromatic heterocycles. The summed E-state index contributed by atoms with van der Waals surface area (Å²) in [6, 6.07) is 13.2.